The summed E-state index contributed by atoms with van der Waals surface area (Å²) in [4.78, 5) is 17.5. The molecule has 30 heavy (non-hydrogen) atoms. The van der Waals surface area contributed by atoms with Crippen molar-refractivity contribution in [2.75, 3.05) is 4.90 Å². The summed E-state index contributed by atoms with van der Waals surface area (Å²) in [6.45, 7) is 1.92. The van der Waals surface area contributed by atoms with Crippen LogP contribution in [0.4, 0.5) is 11.4 Å². The second kappa shape index (κ2) is 8.22. The first-order chi connectivity index (χ1) is 14.6. The number of anilines is 2. The summed E-state index contributed by atoms with van der Waals surface area (Å²) in [5.41, 5.74) is 2.55. The fourth-order valence-electron chi connectivity index (χ4n) is 3.25. The number of para-hydroxylation sites is 2. The van der Waals surface area contributed by atoms with Gasteiger partial charge in [0, 0.05) is 27.5 Å². The molecule has 0 fully saturated rings. The molecular weight excluding hydrogens is 392 g/mol. The van der Waals surface area contributed by atoms with E-state index in [-0.39, 0.29) is 17.2 Å². The second-order valence-corrected chi connectivity index (χ2v) is 7.72. The lowest BCUT2D eigenvalue weighted by molar-refractivity contribution is -0.577. The third-order valence-corrected chi connectivity index (χ3v) is 5.73. The largest absolute Gasteiger partial charge is 0.762 e. The molecular formula is C24H16N4OS. The number of aromatic nitrogens is 1. The zero-order chi connectivity index (χ0) is 21.1. The highest BCUT2D eigenvalue weighted by atomic mass is 32.2. The number of allylic oxidation sites excluding steroid dienone is 2. The molecule has 4 rings (SSSR count). The van der Waals surface area contributed by atoms with E-state index in [0.29, 0.717) is 0 Å². The Hall–Kier alpha value is -3.91. The van der Waals surface area contributed by atoms with Gasteiger partial charge in [-0.25, -0.2) is 0 Å². The molecule has 0 radical (unpaired) electrons. The van der Waals surface area contributed by atoms with E-state index < -0.39 is 0 Å². The molecule has 144 valence electrons. The number of benzene rings is 2. The number of nitrogens with zero attached hydrogens (tertiary/aromatic N) is 4. The molecule has 0 saturated heterocycles. The maximum atomic E-state index is 13.9. The third-order valence-electron chi connectivity index (χ3n) is 4.60. The SMILES string of the molecule is Cc1ccc[n+](/C(=C\C(=C=[N-])C#N)C(=O)N2c3ccccc3Sc3ccccc32)c1. The number of hydrogen-bond acceptors (Lipinski definition) is 3. The van der Waals surface area contributed by atoms with E-state index in [4.69, 9.17) is 0 Å². The molecule has 5 nitrogen and oxygen atoms in total. The number of carbonyl (C=O) groups excluding carboxylic acids is 1. The lowest BCUT2D eigenvalue weighted by Gasteiger charge is -2.30. The van der Waals surface area contributed by atoms with E-state index in [1.54, 1.807) is 33.6 Å². The molecule has 1 aliphatic rings. The van der Waals surface area contributed by atoms with E-state index in [2.05, 4.69) is 0 Å². The Bertz CT molecular complexity index is 1240. The lowest BCUT2D eigenvalue weighted by Crippen LogP contribution is -2.42. The van der Waals surface area contributed by atoms with Gasteiger partial charge in [0.1, 0.15) is 6.07 Å². The summed E-state index contributed by atoms with van der Waals surface area (Å²) < 4.78 is 1.65. The van der Waals surface area contributed by atoms with Crippen molar-refractivity contribution in [2.45, 2.75) is 16.7 Å². The number of aryl methyl sites for hydroxylation is 1. The van der Waals surface area contributed by atoms with Gasteiger partial charge in [0.2, 0.25) is 0 Å². The summed E-state index contributed by atoms with van der Waals surface area (Å²) in [5, 5.41) is 18.6. The fraction of sp³-hybridized carbons (Fsp3) is 0.0417. The molecule has 3 aromatic rings. The number of rotatable bonds is 3. The number of carbonyl (C=O) groups is 1. The van der Waals surface area contributed by atoms with Crippen molar-refractivity contribution >= 4 is 40.6 Å². The molecule has 0 aliphatic carbocycles. The molecule has 0 N–H and O–H groups in total. The predicted octanol–water partition coefficient (Wildman–Crippen LogP) is 4.64. The van der Waals surface area contributed by atoms with Crippen LogP contribution < -0.4 is 9.47 Å². The quantitative estimate of drug-likeness (QED) is 0.208. The number of nitriles is 1. The average Bonchev–Trinajstić information content (AvgIpc) is 2.78. The van der Waals surface area contributed by atoms with Gasteiger partial charge >= 0.3 is 5.91 Å². The minimum atomic E-state index is -0.325. The van der Waals surface area contributed by atoms with Crippen molar-refractivity contribution in [2.24, 2.45) is 0 Å². The van der Waals surface area contributed by atoms with Gasteiger partial charge in [-0.1, -0.05) is 36.0 Å². The molecule has 0 atom stereocenters. The summed E-state index contributed by atoms with van der Waals surface area (Å²) in [6.07, 6.45) is 4.88. The number of hydrogen-bond donors (Lipinski definition) is 0. The van der Waals surface area contributed by atoms with E-state index >= 15 is 0 Å². The van der Waals surface area contributed by atoms with Crippen LogP contribution in [0.3, 0.4) is 0 Å². The van der Waals surface area contributed by atoms with Gasteiger partial charge in [-0.15, -0.1) is 0 Å². The average molecular weight is 408 g/mol. The first-order valence-electron chi connectivity index (χ1n) is 9.20. The Balaban J connectivity index is 1.93. The molecule has 2 heterocycles. The smallest absolute Gasteiger partial charge is 0.328 e. The van der Waals surface area contributed by atoms with Crippen LogP contribution in [0, 0.1) is 18.3 Å². The van der Waals surface area contributed by atoms with Crippen LogP contribution in [-0.2, 0) is 4.79 Å². The third kappa shape index (κ3) is 3.56. The predicted molar refractivity (Wildman–Crippen MR) is 117 cm³/mol. The zero-order valence-corrected chi connectivity index (χ0v) is 16.9. The van der Waals surface area contributed by atoms with Crippen molar-refractivity contribution < 1.29 is 9.36 Å². The van der Waals surface area contributed by atoms with Gasteiger partial charge in [0.25, 0.3) is 5.70 Å². The van der Waals surface area contributed by atoms with E-state index in [0.717, 1.165) is 26.7 Å². The minimum Gasteiger partial charge on any atom is -0.762 e. The van der Waals surface area contributed by atoms with Crippen LogP contribution in [0.1, 0.15) is 5.56 Å². The van der Waals surface area contributed by atoms with Crippen molar-refractivity contribution in [3.8, 4) is 6.07 Å². The van der Waals surface area contributed by atoms with Gasteiger partial charge < -0.3 is 5.41 Å². The number of amides is 1. The Morgan fingerprint density at radius 2 is 1.70 bits per heavy atom. The molecule has 1 amide bonds. The van der Waals surface area contributed by atoms with E-state index in [1.807, 2.05) is 79.5 Å². The highest BCUT2D eigenvalue weighted by Gasteiger charge is 2.34. The topological polar surface area (TPSA) is 70.3 Å². The number of fused-ring (bicyclic) bond motifs is 2. The van der Waals surface area contributed by atoms with Crippen molar-refractivity contribution in [3.63, 3.8) is 0 Å². The molecule has 0 saturated carbocycles. The number of pyridine rings is 1. The Morgan fingerprint density at radius 1 is 1.07 bits per heavy atom. The molecule has 0 bridgehead atoms. The van der Waals surface area contributed by atoms with Gasteiger partial charge in [-0.05, 0) is 37.3 Å². The highest BCUT2D eigenvalue weighted by Crippen LogP contribution is 2.48. The van der Waals surface area contributed by atoms with Crippen molar-refractivity contribution in [3.05, 3.63) is 95.7 Å². The standard InChI is InChI=1S/C24H16N4OS/c1-17-7-6-12-27(16-17)21(13-18(14-25)15-26)24(29)28-19-8-2-4-10-22(19)30-23-11-5-3-9-20(23)28/h2-13,16H,1H3/b21-13-. The summed E-state index contributed by atoms with van der Waals surface area (Å²) >= 11 is 1.61. The Labute approximate surface area is 178 Å². The monoisotopic (exact) mass is 408 g/mol. The Kier molecular flexibility index (Phi) is 5.32. The van der Waals surface area contributed by atoms with E-state index in [1.165, 1.54) is 6.08 Å². The van der Waals surface area contributed by atoms with E-state index in [9.17, 15) is 15.5 Å². The normalized spacial score (nSPS) is 12.3. The van der Waals surface area contributed by atoms with Crippen LogP contribution in [0.15, 0.2) is 94.5 Å². The fourth-order valence-corrected chi connectivity index (χ4v) is 4.31. The van der Waals surface area contributed by atoms with Gasteiger partial charge in [-0.2, -0.15) is 9.83 Å². The summed E-state index contributed by atoms with van der Waals surface area (Å²) in [5.74, 6) is 1.53. The van der Waals surface area contributed by atoms with Gasteiger partial charge in [0.05, 0.1) is 16.9 Å². The van der Waals surface area contributed by atoms with Crippen LogP contribution in [-0.4, -0.2) is 11.8 Å². The van der Waals surface area contributed by atoms with Crippen LogP contribution in [0.2, 0.25) is 0 Å². The zero-order valence-electron chi connectivity index (χ0n) is 16.1. The minimum absolute atomic E-state index is 0.139. The lowest BCUT2D eigenvalue weighted by atomic mass is 10.1. The maximum absolute atomic E-state index is 13.9. The summed E-state index contributed by atoms with van der Waals surface area (Å²) in [6, 6.07) is 21.0. The van der Waals surface area contributed by atoms with Crippen LogP contribution in [0.25, 0.3) is 11.1 Å². The van der Waals surface area contributed by atoms with Crippen molar-refractivity contribution in [1.82, 2.24) is 0 Å². The van der Waals surface area contributed by atoms with Crippen molar-refractivity contribution in [1.29, 1.82) is 5.26 Å². The van der Waals surface area contributed by atoms with Gasteiger partial charge in [0.15, 0.2) is 12.4 Å². The highest BCUT2D eigenvalue weighted by molar-refractivity contribution is 7.99. The van der Waals surface area contributed by atoms with Gasteiger partial charge in [-0.3, -0.25) is 15.6 Å². The van der Waals surface area contributed by atoms with Crippen LogP contribution >= 0.6 is 11.8 Å². The molecule has 1 aromatic heterocycles. The molecule has 0 spiro atoms. The first kappa shape index (κ1) is 19.4. The molecule has 6 heteroatoms. The Morgan fingerprint density at radius 3 is 2.27 bits per heavy atom. The summed E-state index contributed by atoms with van der Waals surface area (Å²) in [7, 11) is 0. The molecule has 1 aliphatic heterocycles. The first-order valence-corrected chi connectivity index (χ1v) is 10.0. The maximum Gasteiger partial charge on any atom is 0.328 e. The second-order valence-electron chi connectivity index (χ2n) is 6.63. The molecule has 0 unspecified atom stereocenters. The molecule has 2 aromatic carbocycles. The van der Waals surface area contributed by atoms with Crippen LogP contribution in [0.5, 0.6) is 0 Å².